The second kappa shape index (κ2) is 3.39. The average Bonchev–Trinajstić information content (AvgIpc) is 2.16. The summed E-state index contributed by atoms with van der Waals surface area (Å²) in [4.78, 5) is 4.37. The Morgan fingerprint density at radius 1 is 1.21 bits per heavy atom. The van der Waals surface area contributed by atoms with E-state index in [9.17, 15) is 0 Å². The van der Waals surface area contributed by atoms with Crippen LogP contribution in [0.3, 0.4) is 0 Å². The summed E-state index contributed by atoms with van der Waals surface area (Å²) in [5.41, 5.74) is 4.23. The van der Waals surface area contributed by atoms with E-state index >= 15 is 0 Å². The fourth-order valence-electron chi connectivity index (χ4n) is 1.71. The van der Waals surface area contributed by atoms with Crippen LogP contribution >= 0.6 is 0 Å². The predicted octanol–water partition coefficient (Wildman–Crippen LogP) is 2.34. The van der Waals surface area contributed by atoms with Gasteiger partial charge in [0, 0.05) is 11.6 Å². The van der Waals surface area contributed by atoms with E-state index in [0.29, 0.717) is 0 Å². The molecular formula is C12H13NO. The lowest BCUT2D eigenvalue weighted by Crippen LogP contribution is -1.89. The summed E-state index contributed by atoms with van der Waals surface area (Å²) < 4.78 is 0. The van der Waals surface area contributed by atoms with Crippen molar-refractivity contribution in [3.63, 3.8) is 0 Å². The maximum atomic E-state index is 9.07. The topological polar surface area (TPSA) is 33.1 Å². The number of rotatable bonds is 1. The van der Waals surface area contributed by atoms with Gasteiger partial charge in [-0.2, -0.15) is 0 Å². The molecule has 1 aromatic heterocycles. The molecule has 0 bridgehead atoms. The van der Waals surface area contributed by atoms with Gasteiger partial charge < -0.3 is 5.11 Å². The van der Waals surface area contributed by atoms with Gasteiger partial charge in [0.1, 0.15) is 0 Å². The van der Waals surface area contributed by atoms with Crippen molar-refractivity contribution >= 4 is 10.9 Å². The quantitative estimate of drug-likeness (QED) is 0.743. The smallest absolute Gasteiger partial charge is 0.0731 e. The Morgan fingerprint density at radius 2 is 2.00 bits per heavy atom. The summed E-state index contributed by atoms with van der Waals surface area (Å²) >= 11 is 0. The number of aromatic nitrogens is 1. The Hall–Kier alpha value is -1.41. The van der Waals surface area contributed by atoms with Crippen molar-refractivity contribution in [2.75, 3.05) is 0 Å². The second-order valence-corrected chi connectivity index (χ2v) is 3.66. The van der Waals surface area contributed by atoms with Gasteiger partial charge in [-0.3, -0.25) is 4.98 Å². The van der Waals surface area contributed by atoms with Gasteiger partial charge in [0.2, 0.25) is 0 Å². The molecule has 0 aliphatic rings. The molecule has 2 heteroatoms. The van der Waals surface area contributed by atoms with Crippen LogP contribution in [0, 0.1) is 13.8 Å². The first-order chi connectivity index (χ1) is 6.70. The Balaban J connectivity index is 2.77. The highest BCUT2D eigenvalue weighted by Crippen LogP contribution is 2.19. The largest absolute Gasteiger partial charge is 0.392 e. The van der Waals surface area contributed by atoms with E-state index in [1.807, 2.05) is 32.2 Å². The standard InChI is InChI=1S/C12H13NO/c1-8-3-11-5-10(7-14)4-9(2)12(11)13-6-8/h3-6,14H,7H2,1-2H3. The lowest BCUT2D eigenvalue weighted by Gasteiger charge is -2.05. The van der Waals surface area contributed by atoms with Crippen LogP contribution < -0.4 is 0 Å². The molecule has 0 fully saturated rings. The summed E-state index contributed by atoms with van der Waals surface area (Å²) in [6.07, 6.45) is 1.87. The average molecular weight is 187 g/mol. The molecule has 72 valence electrons. The summed E-state index contributed by atoms with van der Waals surface area (Å²) in [6.45, 7) is 4.13. The van der Waals surface area contributed by atoms with Crippen LogP contribution in [-0.2, 0) is 6.61 Å². The van der Waals surface area contributed by atoms with Gasteiger partial charge in [0.25, 0.3) is 0 Å². The fourth-order valence-corrected chi connectivity index (χ4v) is 1.71. The molecule has 0 aliphatic heterocycles. The van der Waals surface area contributed by atoms with Gasteiger partial charge in [-0.05, 0) is 42.7 Å². The number of fused-ring (bicyclic) bond motifs is 1. The molecule has 0 radical (unpaired) electrons. The maximum absolute atomic E-state index is 9.07. The molecular weight excluding hydrogens is 174 g/mol. The van der Waals surface area contributed by atoms with Crippen LogP contribution in [0.2, 0.25) is 0 Å². The first-order valence-electron chi connectivity index (χ1n) is 4.67. The number of benzene rings is 1. The molecule has 2 aromatic rings. The van der Waals surface area contributed by atoms with Gasteiger partial charge in [0.15, 0.2) is 0 Å². The zero-order valence-corrected chi connectivity index (χ0v) is 8.41. The number of aliphatic hydroxyl groups excluding tert-OH is 1. The Bertz CT molecular complexity index is 477. The molecule has 0 atom stereocenters. The minimum Gasteiger partial charge on any atom is -0.392 e. The van der Waals surface area contributed by atoms with E-state index < -0.39 is 0 Å². The molecule has 1 N–H and O–H groups in total. The van der Waals surface area contributed by atoms with Crippen molar-refractivity contribution in [2.45, 2.75) is 20.5 Å². The molecule has 1 aromatic carbocycles. The molecule has 2 rings (SSSR count). The predicted molar refractivity (Wildman–Crippen MR) is 57.1 cm³/mol. The third-order valence-electron chi connectivity index (χ3n) is 2.35. The van der Waals surface area contributed by atoms with E-state index in [4.69, 9.17) is 5.11 Å². The van der Waals surface area contributed by atoms with Crippen molar-refractivity contribution in [2.24, 2.45) is 0 Å². The van der Waals surface area contributed by atoms with E-state index in [0.717, 1.165) is 27.6 Å². The maximum Gasteiger partial charge on any atom is 0.0731 e. The van der Waals surface area contributed by atoms with Crippen LogP contribution in [0.15, 0.2) is 24.4 Å². The Kier molecular flexibility index (Phi) is 2.22. The van der Waals surface area contributed by atoms with Gasteiger partial charge in [0.05, 0.1) is 12.1 Å². The first-order valence-corrected chi connectivity index (χ1v) is 4.67. The lowest BCUT2D eigenvalue weighted by molar-refractivity contribution is 0.282. The zero-order chi connectivity index (χ0) is 10.1. The monoisotopic (exact) mass is 187 g/mol. The van der Waals surface area contributed by atoms with Crippen LogP contribution in [0.5, 0.6) is 0 Å². The number of aryl methyl sites for hydroxylation is 2. The molecule has 0 unspecified atom stereocenters. The zero-order valence-electron chi connectivity index (χ0n) is 8.41. The minimum absolute atomic E-state index is 0.0880. The minimum atomic E-state index is 0.0880. The molecule has 2 nitrogen and oxygen atoms in total. The van der Waals surface area contributed by atoms with Crippen molar-refractivity contribution in [1.82, 2.24) is 4.98 Å². The molecule has 14 heavy (non-hydrogen) atoms. The molecule has 0 aliphatic carbocycles. The first kappa shape index (κ1) is 9.16. The summed E-state index contributed by atoms with van der Waals surface area (Å²) in [5, 5.41) is 10.2. The number of nitrogens with zero attached hydrogens (tertiary/aromatic N) is 1. The molecule has 0 saturated heterocycles. The highest BCUT2D eigenvalue weighted by atomic mass is 16.3. The third-order valence-corrected chi connectivity index (χ3v) is 2.35. The SMILES string of the molecule is Cc1cnc2c(C)cc(CO)cc2c1. The van der Waals surface area contributed by atoms with Gasteiger partial charge >= 0.3 is 0 Å². The van der Waals surface area contributed by atoms with Crippen LogP contribution in [0.1, 0.15) is 16.7 Å². The fraction of sp³-hybridized carbons (Fsp3) is 0.250. The number of aliphatic hydroxyl groups is 1. The summed E-state index contributed by atoms with van der Waals surface area (Å²) in [7, 11) is 0. The second-order valence-electron chi connectivity index (χ2n) is 3.66. The van der Waals surface area contributed by atoms with Crippen LogP contribution in [0.25, 0.3) is 10.9 Å². The third kappa shape index (κ3) is 1.49. The molecule has 0 amide bonds. The summed E-state index contributed by atoms with van der Waals surface area (Å²) in [6, 6.07) is 6.06. The van der Waals surface area contributed by atoms with E-state index in [1.165, 1.54) is 0 Å². The molecule has 1 heterocycles. The number of hydrogen-bond acceptors (Lipinski definition) is 2. The lowest BCUT2D eigenvalue weighted by atomic mass is 10.1. The van der Waals surface area contributed by atoms with Crippen LogP contribution in [0.4, 0.5) is 0 Å². The van der Waals surface area contributed by atoms with E-state index in [1.54, 1.807) is 0 Å². The van der Waals surface area contributed by atoms with Gasteiger partial charge in [-0.25, -0.2) is 0 Å². The highest BCUT2D eigenvalue weighted by Gasteiger charge is 2.01. The summed E-state index contributed by atoms with van der Waals surface area (Å²) in [5.74, 6) is 0. The molecule has 0 spiro atoms. The Morgan fingerprint density at radius 3 is 2.71 bits per heavy atom. The van der Waals surface area contributed by atoms with E-state index in [2.05, 4.69) is 11.1 Å². The number of hydrogen-bond donors (Lipinski definition) is 1. The highest BCUT2D eigenvalue weighted by molar-refractivity contribution is 5.82. The van der Waals surface area contributed by atoms with Gasteiger partial charge in [-0.15, -0.1) is 0 Å². The Labute approximate surface area is 83.2 Å². The normalized spacial score (nSPS) is 10.8. The van der Waals surface area contributed by atoms with Crippen molar-refractivity contribution in [3.05, 3.63) is 41.1 Å². The van der Waals surface area contributed by atoms with Gasteiger partial charge in [-0.1, -0.05) is 6.07 Å². The number of pyridine rings is 1. The van der Waals surface area contributed by atoms with Crippen molar-refractivity contribution < 1.29 is 5.11 Å². The molecule has 0 saturated carbocycles. The van der Waals surface area contributed by atoms with Crippen LogP contribution in [-0.4, -0.2) is 10.1 Å². The van der Waals surface area contributed by atoms with Crippen molar-refractivity contribution in [3.8, 4) is 0 Å². The van der Waals surface area contributed by atoms with Crippen molar-refractivity contribution in [1.29, 1.82) is 0 Å². The van der Waals surface area contributed by atoms with E-state index in [-0.39, 0.29) is 6.61 Å².